The second kappa shape index (κ2) is 10.7. The van der Waals surface area contributed by atoms with Crippen molar-refractivity contribution in [3.05, 3.63) is 81.3 Å². The van der Waals surface area contributed by atoms with Crippen LogP contribution in [-0.4, -0.2) is 29.0 Å². The van der Waals surface area contributed by atoms with E-state index in [1.807, 2.05) is 35.2 Å². The Bertz CT molecular complexity index is 1160. The second-order valence-electron chi connectivity index (χ2n) is 7.23. The van der Waals surface area contributed by atoms with Crippen LogP contribution in [0, 0.1) is 0 Å². The number of rotatable bonds is 10. The normalized spacial score (nSPS) is 12.3. The maximum Gasteiger partial charge on any atom is 0.357 e. The molecule has 0 radical (unpaired) electrons. The van der Waals surface area contributed by atoms with Crippen LogP contribution in [0.5, 0.6) is 0 Å². The van der Waals surface area contributed by atoms with Gasteiger partial charge in [-0.1, -0.05) is 43.3 Å². The molecular weight excluding hydrogens is 450 g/mol. The Kier molecular flexibility index (Phi) is 7.97. The molecule has 0 saturated heterocycles. The van der Waals surface area contributed by atoms with Crippen molar-refractivity contribution in [2.45, 2.75) is 38.8 Å². The number of anilines is 1. The number of amides is 1. The monoisotopic (exact) mass is 475 g/mol. The first-order valence-corrected chi connectivity index (χ1v) is 12.3. The fourth-order valence-electron chi connectivity index (χ4n) is 3.24. The number of hydrogen-bond donors (Lipinski definition) is 4. The number of carbonyl (C=O) groups excluding carboxylic acids is 1. The van der Waals surface area contributed by atoms with Crippen molar-refractivity contribution in [2.75, 3.05) is 4.72 Å². The third-order valence-electron chi connectivity index (χ3n) is 4.85. The molecule has 0 bridgehead atoms. The van der Waals surface area contributed by atoms with Crippen LogP contribution >= 0.6 is 11.3 Å². The Morgan fingerprint density at radius 1 is 1.12 bits per heavy atom. The lowest BCUT2D eigenvalue weighted by molar-refractivity contribution is -0.121. The van der Waals surface area contributed by atoms with Crippen LogP contribution in [0.2, 0.25) is 0 Å². The van der Waals surface area contributed by atoms with E-state index in [4.69, 9.17) is 4.55 Å². The Morgan fingerprint density at radius 3 is 2.41 bits per heavy atom. The van der Waals surface area contributed by atoms with Crippen LogP contribution < -0.4 is 10.0 Å². The van der Waals surface area contributed by atoms with Gasteiger partial charge in [0.25, 0.3) is 0 Å². The molecule has 2 aromatic carbocycles. The van der Waals surface area contributed by atoms with Gasteiger partial charge < -0.3 is 10.4 Å². The summed E-state index contributed by atoms with van der Waals surface area (Å²) in [6, 6.07) is 13.4. The predicted octanol–water partition coefficient (Wildman–Crippen LogP) is 3.06. The zero-order valence-electron chi connectivity index (χ0n) is 17.5. The molecule has 0 aliphatic rings. The Labute approximate surface area is 191 Å². The molecule has 1 atom stereocenters. The number of aryl methyl sites for hydroxylation is 1. The summed E-state index contributed by atoms with van der Waals surface area (Å²) in [6.07, 6.45) is 1.38. The minimum atomic E-state index is -4.34. The number of benzene rings is 2. The number of aliphatic hydroxyl groups is 1. The number of aromatic nitrogens is 1. The summed E-state index contributed by atoms with van der Waals surface area (Å²) in [5.74, 6) is -0.186. The SMILES string of the molecule is CCc1csc([C@H](Cc2ccc(NS(=O)(=O)O)cc2)NC(=O)Cc2ccccc2CO)n1. The van der Waals surface area contributed by atoms with Gasteiger partial charge in [-0.05, 0) is 41.7 Å². The second-order valence-corrected chi connectivity index (χ2v) is 9.28. The topological polar surface area (TPSA) is 129 Å². The first-order chi connectivity index (χ1) is 15.3. The highest BCUT2D eigenvalue weighted by Crippen LogP contribution is 2.24. The summed E-state index contributed by atoms with van der Waals surface area (Å²) in [5.41, 5.74) is 3.52. The van der Waals surface area contributed by atoms with Gasteiger partial charge in [-0.2, -0.15) is 8.42 Å². The van der Waals surface area contributed by atoms with Crippen molar-refractivity contribution < 1.29 is 22.9 Å². The average Bonchev–Trinajstić information content (AvgIpc) is 3.23. The van der Waals surface area contributed by atoms with Gasteiger partial charge in [-0.25, -0.2) is 4.98 Å². The summed E-state index contributed by atoms with van der Waals surface area (Å²) in [5, 5.41) is 15.3. The fraction of sp³-hybridized carbons (Fsp3) is 0.273. The molecule has 4 N–H and O–H groups in total. The van der Waals surface area contributed by atoms with Crippen LogP contribution in [0.15, 0.2) is 53.9 Å². The number of aliphatic hydroxyl groups excluding tert-OH is 1. The maximum absolute atomic E-state index is 12.8. The van der Waals surface area contributed by atoms with E-state index in [0.29, 0.717) is 12.0 Å². The summed E-state index contributed by atoms with van der Waals surface area (Å²) in [7, 11) is -4.34. The maximum atomic E-state index is 12.8. The van der Waals surface area contributed by atoms with Crippen LogP contribution in [-0.2, 0) is 41.0 Å². The summed E-state index contributed by atoms with van der Waals surface area (Å²) in [6.45, 7) is 1.88. The first kappa shape index (κ1) is 23.9. The quantitative estimate of drug-likeness (QED) is 0.334. The van der Waals surface area contributed by atoms with Gasteiger partial charge in [0, 0.05) is 5.38 Å². The van der Waals surface area contributed by atoms with Gasteiger partial charge in [0.2, 0.25) is 5.91 Å². The molecule has 0 aliphatic heterocycles. The third-order valence-corrected chi connectivity index (χ3v) is 6.35. The van der Waals surface area contributed by atoms with E-state index in [2.05, 4.69) is 10.3 Å². The molecule has 0 saturated carbocycles. The van der Waals surface area contributed by atoms with E-state index < -0.39 is 10.3 Å². The minimum absolute atomic E-state index is 0.135. The van der Waals surface area contributed by atoms with Crippen molar-refractivity contribution in [1.82, 2.24) is 10.3 Å². The van der Waals surface area contributed by atoms with Crippen LogP contribution in [0.25, 0.3) is 0 Å². The molecule has 0 fully saturated rings. The number of nitrogens with one attached hydrogen (secondary N) is 2. The van der Waals surface area contributed by atoms with Gasteiger partial charge in [-0.3, -0.25) is 14.1 Å². The van der Waals surface area contributed by atoms with E-state index in [9.17, 15) is 18.3 Å². The molecule has 32 heavy (non-hydrogen) atoms. The highest BCUT2D eigenvalue weighted by molar-refractivity contribution is 7.87. The molecule has 0 spiro atoms. The molecule has 1 amide bonds. The highest BCUT2D eigenvalue weighted by Gasteiger charge is 2.20. The molecule has 0 aliphatic carbocycles. The minimum Gasteiger partial charge on any atom is -0.392 e. The number of thiazole rings is 1. The number of hydrogen-bond acceptors (Lipinski definition) is 6. The molecule has 1 aromatic heterocycles. The lowest BCUT2D eigenvalue weighted by Crippen LogP contribution is -2.31. The predicted molar refractivity (Wildman–Crippen MR) is 124 cm³/mol. The fourth-order valence-corrected chi connectivity index (χ4v) is 4.63. The van der Waals surface area contributed by atoms with Gasteiger partial charge in [-0.15, -0.1) is 11.3 Å². The van der Waals surface area contributed by atoms with E-state index in [0.717, 1.165) is 28.2 Å². The molecule has 3 aromatic rings. The van der Waals surface area contributed by atoms with E-state index >= 15 is 0 Å². The van der Waals surface area contributed by atoms with Crippen LogP contribution in [0.4, 0.5) is 5.69 Å². The van der Waals surface area contributed by atoms with Crippen molar-refractivity contribution in [1.29, 1.82) is 0 Å². The van der Waals surface area contributed by atoms with Crippen LogP contribution in [0.1, 0.15) is 40.4 Å². The lowest BCUT2D eigenvalue weighted by atomic mass is 10.0. The first-order valence-electron chi connectivity index (χ1n) is 10.0. The molecule has 8 nitrogen and oxygen atoms in total. The molecule has 10 heteroatoms. The molecule has 1 heterocycles. The molecule has 0 unspecified atom stereocenters. The number of nitrogens with zero attached hydrogens (tertiary/aromatic N) is 1. The largest absolute Gasteiger partial charge is 0.392 e. The van der Waals surface area contributed by atoms with E-state index in [-0.39, 0.29) is 30.7 Å². The van der Waals surface area contributed by atoms with E-state index in [1.165, 1.54) is 11.3 Å². The average molecular weight is 476 g/mol. The molecule has 3 rings (SSSR count). The van der Waals surface area contributed by atoms with Crippen molar-refractivity contribution in [3.63, 3.8) is 0 Å². The Balaban J connectivity index is 1.77. The third kappa shape index (κ3) is 6.86. The summed E-state index contributed by atoms with van der Waals surface area (Å²) >= 11 is 1.48. The Hall–Kier alpha value is -2.79. The van der Waals surface area contributed by atoms with Crippen molar-refractivity contribution in [3.8, 4) is 0 Å². The van der Waals surface area contributed by atoms with Crippen LogP contribution in [0.3, 0.4) is 0 Å². The lowest BCUT2D eigenvalue weighted by Gasteiger charge is -2.18. The standard InChI is InChI=1S/C22H25N3O5S2/c1-2-18-14-31-22(23-18)20(11-15-7-9-19(10-8-15)25-32(28,29)30)24-21(27)12-16-5-3-4-6-17(16)13-26/h3-10,14,20,25-26H,2,11-13H2,1H3,(H,24,27)(H,28,29,30)/t20-/m0/s1. The highest BCUT2D eigenvalue weighted by atomic mass is 32.2. The zero-order valence-corrected chi connectivity index (χ0v) is 19.1. The smallest absolute Gasteiger partial charge is 0.357 e. The van der Waals surface area contributed by atoms with Crippen molar-refractivity contribution in [2.24, 2.45) is 0 Å². The zero-order chi connectivity index (χ0) is 23.1. The summed E-state index contributed by atoms with van der Waals surface area (Å²) < 4.78 is 32.9. The van der Waals surface area contributed by atoms with E-state index in [1.54, 1.807) is 30.3 Å². The van der Waals surface area contributed by atoms with Gasteiger partial charge in [0.05, 0.1) is 30.5 Å². The van der Waals surface area contributed by atoms with Gasteiger partial charge >= 0.3 is 10.3 Å². The van der Waals surface area contributed by atoms with Gasteiger partial charge in [0.15, 0.2) is 0 Å². The molecular formula is C22H25N3O5S2. The summed E-state index contributed by atoms with van der Waals surface area (Å²) in [4.78, 5) is 17.4. The number of carbonyl (C=O) groups is 1. The molecule has 170 valence electrons. The van der Waals surface area contributed by atoms with Gasteiger partial charge in [0.1, 0.15) is 5.01 Å². The van der Waals surface area contributed by atoms with Crippen molar-refractivity contribution >= 4 is 33.2 Å². The Morgan fingerprint density at radius 2 is 1.81 bits per heavy atom.